The SMILES string of the molecule is CC(=O)CC(C)(C)C.CCCC(CCC)c1nnc(Cn2ccnc2)n1-c1ccc(Cl)cc1. The number of Topliss-reactive ketones (excluding diaryl/α,β-unsaturated/α-hetero) is 1. The first-order valence-electron chi connectivity index (χ1n) is 11.8. The van der Waals surface area contributed by atoms with E-state index >= 15 is 0 Å². The van der Waals surface area contributed by atoms with Crippen molar-refractivity contribution >= 4 is 17.4 Å². The minimum absolute atomic E-state index is 0.172. The highest BCUT2D eigenvalue weighted by Gasteiger charge is 2.21. The predicted molar refractivity (Wildman–Crippen MR) is 135 cm³/mol. The third kappa shape index (κ3) is 8.77. The maximum absolute atomic E-state index is 10.5. The molecule has 0 aliphatic rings. The molecule has 0 aliphatic carbocycles. The Bertz CT molecular complexity index is 965. The normalized spacial score (nSPS) is 11.4. The number of carbonyl (C=O) groups is 1. The lowest BCUT2D eigenvalue weighted by Crippen LogP contribution is -2.12. The number of hydrogen-bond donors (Lipinski definition) is 0. The van der Waals surface area contributed by atoms with Gasteiger partial charge in [-0.05, 0) is 49.4 Å². The Balaban J connectivity index is 0.000000414. The van der Waals surface area contributed by atoms with E-state index in [4.69, 9.17) is 11.6 Å². The summed E-state index contributed by atoms with van der Waals surface area (Å²) >= 11 is 6.08. The molecule has 180 valence electrons. The Hall–Kier alpha value is -2.47. The maximum atomic E-state index is 10.5. The molecule has 7 heteroatoms. The van der Waals surface area contributed by atoms with Gasteiger partial charge in [0.1, 0.15) is 11.6 Å². The number of halogens is 1. The Morgan fingerprint density at radius 1 is 1.06 bits per heavy atom. The van der Waals surface area contributed by atoms with Crippen LogP contribution in [0.4, 0.5) is 0 Å². The highest BCUT2D eigenvalue weighted by atomic mass is 35.5. The van der Waals surface area contributed by atoms with Crippen LogP contribution in [0.25, 0.3) is 5.69 Å². The Labute approximate surface area is 203 Å². The van der Waals surface area contributed by atoms with Crippen molar-refractivity contribution in [1.82, 2.24) is 24.3 Å². The Morgan fingerprint density at radius 3 is 2.15 bits per heavy atom. The lowest BCUT2D eigenvalue weighted by Gasteiger charge is -2.18. The van der Waals surface area contributed by atoms with Gasteiger partial charge in [-0.25, -0.2) is 4.98 Å². The summed E-state index contributed by atoms with van der Waals surface area (Å²) in [6.07, 6.45) is 10.7. The summed E-state index contributed by atoms with van der Waals surface area (Å²) in [4.78, 5) is 14.6. The molecule has 2 heterocycles. The fourth-order valence-corrected chi connectivity index (χ4v) is 4.08. The van der Waals surface area contributed by atoms with Gasteiger partial charge in [-0.15, -0.1) is 10.2 Å². The number of rotatable bonds is 9. The second-order valence-electron chi connectivity index (χ2n) is 9.73. The van der Waals surface area contributed by atoms with Crippen molar-refractivity contribution in [1.29, 1.82) is 0 Å². The Kier molecular flexibility index (Phi) is 10.3. The maximum Gasteiger partial charge on any atom is 0.157 e. The number of hydrogen-bond acceptors (Lipinski definition) is 4. The van der Waals surface area contributed by atoms with Crippen LogP contribution in [-0.4, -0.2) is 30.1 Å². The smallest absolute Gasteiger partial charge is 0.157 e. The van der Waals surface area contributed by atoms with E-state index in [1.54, 1.807) is 19.4 Å². The highest BCUT2D eigenvalue weighted by Crippen LogP contribution is 2.28. The molecule has 0 fully saturated rings. The first-order chi connectivity index (χ1) is 15.6. The van der Waals surface area contributed by atoms with Gasteiger partial charge < -0.3 is 9.36 Å². The molecule has 0 atom stereocenters. The molecule has 33 heavy (non-hydrogen) atoms. The predicted octanol–water partition coefficient (Wildman–Crippen LogP) is 6.86. The number of nitrogens with zero attached hydrogens (tertiary/aromatic N) is 5. The fraction of sp³-hybridized carbons (Fsp3) is 0.538. The van der Waals surface area contributed by atoms with Gasteiger partial charge in [0.25, 0.3) is 0 Å². The van der Waals surface area contributed by atoms with Crippen molar-refractivity contribution in [3.8, 4) is 5.69 Å². The van der Waals surface area contributed by atoms with Crippen molar-refractivity contribution in [2.45, 2.75) is 86.1 Å². The molecule has 1 aromatic carbocycles. The quantitative estimate of drug-likeness (QED) is 0.342. The van der Waals surface area contributed by atoms with Gasteiger partial charge in [0.05, 0.1) is 12.9 Å². The van der Waals surface area contributed by atoms with Crippen LogP contribution >= 0.6 is 11.6 Å². The molecule has 0 bridgehead atoms. The summed E-state index contributed by atoms with van der Waals surface area (Å²) in [5.74, 6) is 2.64. The molecule has 0 N–H and O–H groups in total. The van der Waals surface area contributed by atoms with E-state index in [9.17, 15) is 4.79 Å². The zero-order valence-electron chi connectivity index (χ0n) is 20.9. The molecule has 0 spiro atoms. The van der Waals surface area contributed by atoms with Gasteiger partial charge in [0.2, 0.25) is 0 Å². The molecule has 2 aromatic heterocycles. The van der Waals surface area contributed by atoms with E-state index in [0.717, 1.165) is 48.0 Å². The topological polar surface area (TPSA) is 65.6 Å². The summed E-state index contributed by atoms with van der Waals surface area (Å²) < 4.78 is 4.20. The number of imidazole rings is 1. The van der Waals surface area contributed by atoms with E-state index in [2.05, 4.69) is 54.4 Å². The first kappa shape index (κ1) is 26.8. The minimum Gasteiger partial charge on any atom is -0.330 e. The number of aromatic nitrogens is 5. The number of ketones is 1. The molecule has 6 nitrogen and oxygen atoms in total. The van der Waals surface area contributed by atoms with E-state index in [1.807, 2.05) is 35.0 Å². The third-order valence-corrected chi connectivity index (χ3v) is 5.39. The summed E-state index contributed by atoms with van der Waals surface area (Å²) in [7, 11) is 0. The van der Waals surface area contributed by atoms with E-state index in [-0.39, 0.29) is 11.2 Å². The molecule has 0 unspecified atom stereocenters. The molecule has 3 rings (SSSR count). The second kappa shape index (κ2) is 12.7. The standard InChI is InChI=1S/C19H24ClN5.C7H14O/c1-3-5-15(6-4-2)19-23-22-18(13-24-12-11-21-14-24)25(19)17-9-7-16(20)8-10-17;1-6(8)5-7(2,3)4/h7-12,14-15H,3-6,13H2,1-2H3;5H2,1-4H3. The van der Waals surface area contributed by atoms with E-state index < -0.39 is 0 Å². The average Bonchev–Trinajstić information content (AvgIpc) is 3.37. The van der Waals surface area contributed by atoms with Crippen molar-refractivity contribution in [2.75, 3.05) is 0 Å². The molecular formula is C26H38ClN5O. The lowest BCUT2D eigenvalue weighted by molar-refractivity contribution is -0.118. The Morgan fingerprint density at radius 2 is 1.70 bits per heavy atom. The van der Waals surface area contributed by atoms with Gasteiger partial charge in [0.15, 0.2) is 5.82 Å². The van der Waals surface area contributed by atoms with Crippen LogP contribution in [0.1, 0.15) is 91.2 Å². The zero-order valence-corrected chi connectivity index (χ0v) is 21.6. The highest BCUT2D eigenvalue weighted by molar-refractivity contribution is 6.30. The van der Waals surface area contributed by atoms with Crippen LogP contribution in [0.15, 0.2) is 43.0 Å². The van der Waals surface area contributed by atoms with E-state index in [0.29, 0.717) is 18.9 Å². The molecule has 0 amide bonds. The van der Waals surface area contributed by atoms with Crippen LogP contribution in [0.5, 0.6) is 0 Å². The molecule has 0 saturated carbocycles. The van der Waals surface area contributed by atoms with Crippen LogP contribution in [0.2, 0.25) is 5.02 Å². The molecule has 0 aliphatic heterocycles. The summed E-state index contributed by atoms with van der Waals surface area (Å²) in [6.45, 7) is 12.9. The summed E-state index contributed by atoms with van der Waals surface area (Å²) in [5, 5.41) is 9.82. The largest absolute Gasteiger partial charge is 0.330 e. The van der Waals surface area contributed by atoms with Crippen molar-refractivity contribution in [3.05, 3.63) is 59.7 Å². The second-order valence-corrected chi connectivity index (χ2v) is 10.2. The van der Waals surface area contributed by atoms with Gasteiger partial charge in [-0.2, -0.15) is 0 Å². The van der Waals surface area contributed by atoms with Gasteiger partial charge in [0, 0.05) is 35.4 Å². The number of benzene rings is 1. The molecule has 0 radical (unpaired) electrons. The van der Waals surface area contributed by atoms with Gasteiger partial charge >= 0.3 is 0 Å². The van der Waals surface area contributed by atoms with Gasteiger partial charge in [-0.3, -0.25) is 4.57 Å². The monoisotopic (exact) mass is 471 g/mol. The van der Waals surface area contributed by atoms with Crippen LogP contribution < -0.4 is 0 Å². The van der Waals surface area contributed by atoms with E-state index in [1.165, 1.54) is 0 Å². The average molecular weight is 472 g/mol. The molecular weight excluding hydrogens is 434 g/mol. The fourth-order valence-electron chi connectivity index (χ4n) is 3.96. The lowest BCUT2D eigenvalue weighted by atomic mass is 9.91. The molecule has 0 saturated heterocycles. The molecule has 3 aromatic rings. The summed E-state index contributed by atoms with van der Waals surface area (Å²) in [5.41, 5.74) is 1.22. The zero-order chi connectivity index (χ0) is 24.4. The summed E-state index contributed by atoms with van der Waals surface area (Å²) in [6, 6.07) is 7.88. The minimum atomic E-state index is 0.172. The van der Waals surface area contributed by atoms with Crippen LogP contribution in [0.3, 0.4) is 0 Å². The van der Waals surface area contributed by atoms with Crippen molar-refractivity contribution < 1.29 is 4.79 Å². The van der Waals surface area contributed by atoms with Crippen molar-refractivity contribution in [3.63, 3.8) is 0 Å². The third-order valence-electron chi connectivity index (χ3n) is 5.14. The van der Waals surface area contributed by atoms with Crippen molar-refractivity contribution in [2.24, 2.45) is 5.41 Å². The van der Waals surface area contributed by atoms with Gasteiger partial charge in [-0.1, -0.05) is 59.1 Å². The first-order valence-corrected chi connectivity index (χ1v) is 12.2. The van der Waals surface area contributed by atoms with Crippen LogP contribution in [0, 0.1) is 5.41 Å². The van der Waals surface area contributed by atoms with Crippen LogP contribution in [-0.2, 0) is 11.3 Å². The number of carbonyl (C=O) groups excluding carboxylic acids is 1.